The van der Waals surface area contributed by atoms with Crippen LogP contribution in [0, 0.1) is 0 Å². The van der Waals surface area contributed by atoms with Crippen LogP contribution in [0.4, 0.5) is 5.82 Å². The van der Waals surface area contributed by atoms with Crippen molar-refractivity contribution in [1.82, 2.24) is 4.98 Å². The molecule has 0 amide bonds. The van der Waals surface area contributed by atoms with Crippen LogP contribution < -0.4 is 14.8 Å². The van der Waals surface area contributed by atoms with Crippen LogP contribution in [0.25, 0.3) is 0 Å². The van der Waals surface area contributed by atoms with Gasteiger partial charge >= 0.3 is 0 Å². The summed E-state index contributed by atoms with van der Waals surface area (Å²) >= 11 is 5.84. The highest BCUT2D eigenvalue weighted by molar-refractivity contribution is 6.29. The molecule has 0 fully saturated rings. The predicted molar refractivity (Wildman–Crippen MR) is 80.7 cm³/mol. The molecule has 1 aromatic carbocycles. The van der Waals surface area contributed by atoms with E-state index in [1.54, 1.807) is 13.2 Å². The van der Waals surface area contributed by atoms with Crippen molar-refractivity contribution in [1.29, 1.82) is 0 Å². The third-order valence-corrected chi connectivity index (χ3v) is 2.93. The smallest absolute Gasteiger partial charge is 0.161 e. The van der Waals surface area contributed by atoms with E-state index < -0.39 is 0 Å². The van der Waals surface area contributed by atoms with E-state index in [4.69, 9.17) is 21.1 Å². The Morgan fingerprint density at radius 2 is 2.05 bits per heavy atom. The zero-order valence-corrected chi connectivity index (χ0v) is 12.3. The Morgan fingerprint density at radius 1 is 1.20 bits per heavy atom. The standard InChI is InChI=1S/C15H17ClN2O2/c1-3-20-12-8-7-11(9-13(12)19-2)10-17-15-6-4-5-14(16)18-15/h4-9H,3,10H2,1-2H3,(H,17,18). The lowest BCUT2D eigenvalue weighted by Gasteiger charge is -2.11. The number of halogens is 1. The number of nitrogens with zero attached hydrogens (tertiary/aromatic N) is 1. The summed E-state index contributed by atoms with van der Waals surface area (Å²) in [4.78, 5) is 4.18. The van der Waals surface area contributed by atoms with E-state index in [2.05, 4.69) is 10.3 Å². The topological polar surface area (TPSA) is 43.4 Å². The second kappa shape index (κ2) is 7.01. The fourth-order valence-electron chi connectivity index (χ4n) is 1.80. The molecule has 1 N–H and O–H groups in total. The molecule has 0 aliphatic carbocycles. The normalized spacial score (nSPS) is 10.2. The molecule has 20 heavy (non-hydrogen) atoms. The van der Waals surface area contributed by atoms with Crippen LogP contribution in [0.1, 0.15) is 12.5 Å². The van der Waals surface area contributed by atoms with Gasteiger partial charge in [-0.2, -0.15) is 0 Å². The SMILES string of the molecule is CCOc1ccc(CNc2cccc(Cl)n2)cc1OC. The summed E-state index contributed by atoms with van der Waals surface area (Å²) < 4.78 is 10.8. The first kappa shape index (κ1) is 14.5. The molecule has 4 nitrogen and oxygen atoms in total. The Bertz CT molecular complexity index is 576. The Hall–Kier alpha value is -1.94. The number of methoxy groups -OCH3 is 1. The molecule has 2 rings (SSSR count). The van der Waals surface area contributed by atoms with Crippen LogP contribution in [0.5, 0.6) is 11.5 Å². The Kier molecular flexibility index (Phi) is 5.07. The average molecular weight is 293 g/mol. The predicted octanol–water partition coefficient (Wildman–Crippen LogP) is 3.75. The highest BCUT2D eigenvalue weighted by atomic mass is 35.5. The molecule has 0 unspecified atom stereocenters. The summed E-state index contributed by atoms with van der Waals surface area (Å²) in [5.74, 6) is 2.22. The molecule has 0 radical (unpaired) electrons. The first-order valence-electron chi connectivity index (χ1n) is 6.39. The summed E-state index contributed by atoms with van der Waals surface area (Å²) in [6, 6.07) is 11.3. The summed E-state index contributed by atoms with van der Waals surface area (Å²) in [6.45, 7) is 3.19. The van der Waals surface area contributed by atoms with Crippen molar-refractivity contribution in [3.8, 4) is 11.5 Å². The maximum absolute atomic E-state index is 5.84. The van der Waals surface area contributed by atoms with E-state index in [0.717, 1.165) is 22.9 Å². The van der Waals surface area contributed by atoms with E-state index >= 15 is 0 Å². The lowest BCUT2D eigenvalue weighted by molar-refractivity contribution is 0.310. The van der Waals surface area contributed by atoms with Gasteiger partial charge in [-0.3, -0.25) is 0 Å². The van der Waals surface area contributed by atoms with Gasteiger partial charge in [0.15, 0.2) is 11.5 Å². The Balaban J connectivity index is 2.06. The summed E-state index contributed by atoms with van der Waals surface area (Å²) in [5, 5.41) is 3.68. The fourth-order valence-corrected chi connectivity index (χ4v) is 1.96. The second-order valence-corrected chi connectivity index (χ2v) is 4.50. The van der Waals surface area contributed by atoms with Gasteiger partial charge in [-0.25, -0.2) is 4.98 Å². The Labute approximate surface area is 123 Å². The van der Waals surface area contributed by atoms with Crippen molar-refractivity contribution in [3.63, 3.8) is 0 Å². The van der Waals surface area contributed by atoms with Gasteiger partial charge in [-0.1, -0.05) is 23.7 Å². The summed E-state index contributed by atoms with van der Waals surface area (Å²) in [5.41, 5.74) is 1.08. The van der Waals surface area contributed by atoms with E-state index in [-0.39, 0.29) is 0 Å². The molecule has 106 valence electrons. The van der Waals surface area contributed by atoms with Crippen molar-refractivity contribution in [2.75, 3.05) is 19.0 Å². The number of ether oxygens (including phenoxy) is 2. The third kappa shape index (κ3) is 3.78. The first-order chi connectivity index (χ1) is 9.72. The van der Waals surface area contributed by atoms with Gasteiger partial charge in [0.1, 0.15) is 11.0 Å². The van der Waals surface area contributed by atoms with Gasteiger partial charge in [-0.15, -0.1) is 0 Å². The zero-order valence-electron chi connectivity index (χ0n) is 11.5. The van der Waals surface area contributed by atoms with Crippen LogP contribution >= 0.6 is 11.6 Å². The lowest BCUT2D eigenvalue weighted by atomic mass is 10.2. The van der Waals surface area contributed by atoms with Crippen molar-refractivity contribution in [2.45, 2.75) is 13.5 Å². The van der Waals surface area contributed by atoms with Crippen LogP contribution in [0.2, 0.25) is 5.15 Å². The molecular weight excluding hydrogens is 276 g/mol. The second-order valence-electron chi connectivity index (χ2n) is 4.12. The van der Waals surface area contributed by atoms with Crippen LogP contribution in [0.15, 0.2) is 36.4 Å². The summed E-state index contributed by atoms with van der Waals surface area (Å²) in [6.07, 6.45) is 0. The highest BCUT2D eigenvalue weighted by Crippen LogP contribution is 2.28. The van der Waals surface area contributed by atoms with Crippen molar-refractivity contribution >= 4 is 17.4 Å². The molecule has 1 heterocycles. The average Bonchev–Trinajstić information content (AvgIpc) is 2.46. The van der Waals surface area contributed by atoms with Crippen LogP contribution in [0.3, 0.4) is 0 Å². The number of nitrogens with one attached hydrogen (secondary N) is 1. The number of pyridine rings is 1. The number of anilines is 1. The van der Waals surface area contributed by atoms with E-state index in [0.29, 0.717) is 18.3 Å². The molecule has 1 aromatic heterocycles. The minimum atomic E-state index is 0.472. The molecule has 2 aromatic rings. The molecular formula is C15H17ClN2O2. The molecule has 0 saturated carbocycles. The van der Waals surface area contributed by atoms with E-state index in [9.17, 15) is 0 Å². The number of rotatable bonds is 6. The molecule has 5 heteroatoms. The van der Waals surface area contributed by atoms with Crippen molar-refractivity contribution < 1.29 is 9.47 Å². The molecule has 0 saturated heterocycles. The number of aromatic nitrogens is 1. The number of hydrogen-bond acceptors (Lipinski definition) is 4. The maximum Gasteiger partial charge on any atom is 0.161 e. The summed E-state index contributed by atoms with van der Waals surface area (Å²) in [7, 11) is 1.63. The molecule has 0 bridgehead atoms. The zero-order chi connectivity index (χ0) is 14.4. The van der Waals surface area contributed by atoms with Crippen LogP contribution in [-0.2, 0) is 6.54 Å². The van der Waals surface area contributed by atoms with Gasteiger partial charge in [-0.05, 0) is 36.8 Å². The quantitative estimate of drug-likeness (QED) is 0.824. The van der Waals surface area contributed by atoms with Gasteiger partial charge in [0.05, 0.1) is 13.7 Å². The minimum Gasteiger partial charge on any atom is -0.493 e. The number of benzene rings is 1. The highest BCUT2D eigenvalue weighted by Gasteiger charge is 2.05. The van der Waals surface area contributed by atoms with Gasteiger partial charge < -0.3 is 14.8 Å². The first-order valence-corrected chi connectivity index (χ1v) is 6.77. The molecule has 0 aliphatic rings. The minimum absolute atomic E-state index is 0.472. The third-order valence-electron chi connectivity index (χ3n) is 2.72. The van der Waals surface area contributed by atoms with Gasteiger partial charge in [0, 0.05) is 6.54 Å². The largest absolute Gasteiger partial charge is 0.493 e. The van der Waals surface area contributed by atoms with Crippen LogP contribution in [-0.4, -0.2) is 18.7 Å². The van der Waals surface area contributed by atoms with Gasteiger partial charge in [0.25, 0.3) is 0 Å². The monoisotopic (exact) mass is 292 g/mol. The van der Waals surface area contributed by atoms with Crippen molar-refractivity contribution in [2.24, 2.45) is 0 Å². The number of hydrogen-bond donors (Lipinski definition) is 1. The Morgan fingerprint density at radius 3 is 2.75 bits per heavy atom. The lowest BCUT2D eigenvalue weighted by Crippen LogP contribution is -2.02. The van der Waals surface area contributed by atoms with Gasteiger partial charge in [0.2, 0.25) is 0 Å². The van der Waals surface area contributed by atoms with E-state index in [1.807, 2.05) is 37.3 Å². The fraction of sp³-hybridized carbons (Fsp3) is 0.267. The van der Waals surface area contributed by atoms with Crippen molar-refractivity contribution in [3.05, 3.63) is 47.1 Å². The molecule has 0 atom stereocenters. The maximum atomic E-state index is 5.84. The molecule has 0 aliphatic heterocycles. The van der Waals surface area contributed by atoms with E-state index in [1.165, 1.54) is 0 Å². The molecule has 0 spiro atoms.